The first kappa shape index (κ1) is 6.31. The summed E-state index contributed by atoms with van der Waals surface area (Å²) in [5, 5.41) is 0. The van der Waals surface area contributed by atoms with Gasteiger partial charge in [-0.2, -0.15) is 11.8 Å². The van der Waals surface area contributed by atoms with Crippen LogP contribution in [0.5, 0.6) is 0 Å². The molecule has 0 fully saturated rings. The Bertz CT molecular complexity index is 19.5. The summed E-state index contributed by atoms with van der Waals surface area (Å²) in [7, 11) is 0. The summed E-state index contributed by atoms with van der Waals surface area (Å²) in [6.07, 6.45) is 0. The second-order valence-electron chi connectivity index (χ2n) is 0.862. The van der Waals surface area contributed by atoms with Crippen molar-refractivity contribution in [2.75, 3.05) is 18.1 Å². The predicted molar refractivity (Wildman–Crippen MR) is 30.6 cm³/mol. The van der Waals surface area contributed by atoms with E-state index in [4.69, 9.17) is 5.73 Å². The smallest absolute Gasteiger partial charge is 0.0191 e. The fourth-order valence-electron chi connectivity index (χ4n) is 0.174. The van der Waals surface area contributed by atoms with Gasteiger partial charge in [-0.3, -0.25) is 5.73 Å². The molecule has 0 unspecified atom stereocenters. The van der Waals surface area contributed by atoms with Crippen LogP contribution in [0.1, 0.15) is 0 Å². The summed E-state index contributed by atoms with van der Waals surface area (Å²) in [6.45, 7) is 4.13. The van der Waals surface area contributed by atoms with Crippen molar-refractivity contribution in [3.8, 4) is 0 Å². The maximum Gasteiger partial charge on any atom is 0.0191 e. The van der Waals surface area contributed by atoms with E-state index >= 15 is 0 Å². The Morgan fingerprint density at radius 1 is 1.67 bits per heavy atom. The standard InChI is InChI=1S/C4H9NS/c1-2-6-4-3-5/h5H,1-4H2. The fraction of sp³-hybridized carbons (Fsp3) is 0.750. The lowest BCUT2D eigenvalue weighted by Gasteiger charge is -1.86. The number of nitrogens with one attached hydrogen (secondary N) is 1. The number of hydrogen-bond donors (Lipinski definition) is 0. The highest BCUT2D eigenvalue weighted by atomic mass is 32.2. The van der Waals surface area contributed by atoms with E-state index in [0.29, 0.717) is 6.54 Å². The molecule has 0 saturated heterocycles. The second kappa shape index (κ2) is 5.31. The monoisotopic (exact) mass is 103 g/mol. The van der Waals surface area contributed by atoms with Crippen molar-refractivity contribution in [2.24, 2.45) is 0 Å². The molecule has 0 aromatic carbocycles. The Balaban J connectivity index is 2.34. The SMILES string of the molecule is [CH2]CSCC[NH]. The fourth-order valence-corrected chi connectivity index (χ4v) is 0.523. The second-order valence-corrected chi connectivity index (χ2v) is 2.09. The van der Waals surface area contributed by atoms with E-state index in [0.717, 1.165) is 11.5 Å². The van der Waals surface area contributed by atoms with Crippen LogP contribution in [-0.2, 0) is 0 Å². The molecule has 0 aromatic rings. The van der Waals surface area contributed by atoms with Crippen LogP contribution in [-0.4, -0.2) is 18.1 Å². The zero-order chi connectivity index (χ0) is 4.83. The first-order chi connectivity index (χ1) is 2.91. The molecule has 0 bridgehead atoms. The minimum absolute atomic E-state index is 0.528. The van der Waals surface area contributed by atoms with Crippen LogP contribution < -0.4 is 5.73 Å². The topological polar surface area (TPSA) is 23.8 Å². The number of rotatable bonds is 3. The van der Waals surface area contributed by atoms with Crippen molar-refractivity contribution in [3.05, 3.63) is 6.92 Å². The van der Waals surface area contributed by atoms with E-state index in [9.17, 15) is 0 Å². The molecule has 0 aromatic heterocycles. The van der Waals surface area contributed by atoms with Gasteiger partial charge < -0.3 is 0 Å². The van der Waals surface area contributed by atoms with Crippen LogP contribution >= 0.6 is 11.8 Å². The maximum absolute atomic E-state index is 6.66. The lowest BCUT2D eigenvalue weighted by molar-refractivity contribution is 1.10. The zero-order valence-corrected chi connectivity index (χ0v) is 4.55. The lowest BCUT2D eigenvalue weighted by atomic mass is 10.8. The van der Waals surface area contributed by atoms with Crippen LogP contribution in [0.15, 0.2) is 0 Å². The highest BCUT2D eigenvalue weighted by molar-refractivity contribution is 7.99. The molecule has 0 amide bonds. The van der Waals surface area contributed by atoms with E-state index < -0.39 is 0 Å². The molecular weight excluding hydrogens is 94.1 g/mol. The maximum atomic E-state index is 6.66. The van der Waals surface area contributed by atoms with Crippen molar-refractivity contribution in [3.63, 3.8) is 0 Å². The molecule has 2 heteroatoms. The molecule has 1 N–H and O–H groups in total. The average molecular weight is 103 g/mol. The average Bonchev–Trinajstić information content (AvgIpc) is 1.61. The third kappa shape index (κ3) is 4.31. The van der Waals surface area contributed by atoms with Gasteiger partial charge in [0.15, 0.2) is 0 Å². The molecule has 1 nitrogen and oxygen atoms in total. The van der Waals surface area contributed by atoms with Gasteiger partial charge in [0.1, 0.15) is 0 Å². The van der Waals surface area contributed by atoms with Crippen molar-refractivity contribution in [1.29, 1.82) is 0 Å². The molecule has 0 spiro atoms. The molecule has 2 radical (unpaired) electrons. The van der Waals surface area contributed by atoms with Crippen LogP contribution in [0.2, 0.25) is 0 Å². The van der Waals surface area contributed by atoms with Gasteiger partial charge in [0.05, 0.1) is 0 Å². The third-order valence-corrected chi connectivity index (χ3v) is 1.17. The van der Waals surface area contributed by atoms with E-state index in [1.807, 2.05) is 0 Å². The largest absolute Gasteiger partial charge is 0.257 e. The number of hydrogen-bond acceptors (Lipinski definition) is 1. The molecule has 36 valence electrons. The van der Waals surface area contributed by atoms with Gasteiger partial charge in [0.25, 0.3) is 0 Å². The van der Waals surface area contributed by atoms with Crippen molar-refractivity contribution in [2.45, 2.75) is 0 Å². The van der Waals surface area contributed by atoms with Crippen LogP contribution in [0.25, 0.3) is 0 Å². The van der Waals surface area contributed by atoms with Gasteiger partial charge in [-0.1, -0.05) is 0 Å². The van der Waals surface area contributed by atoms with Gasteiger partial charge in [-0.05, 0) is 12.7 Å². The van der Waals surface area contributed by atoms with Gasteiger partial charge >= 0.3 is 0 Å². The predicted octanol–water partition coefficient (Wildman–Crippen LogP) is 0.837. The number of thioether (sulfide) groups is 1. The zero-order valence-electron chi connectivity index (χ0n) is 3.74. The Kier molecular flexibility index (Phi) is 5.58. The van der Waals surface area contributed by atoms with E-state index in [1.54, 1.807) is 11.8 Å². The van der Waals surface area contributed by atoms with E-state index in [1.165, 1.54) is 0 Å². The summed E-state index contributed by atoms with van der Waals surface area (Å²) in [4.78, 5) is 0. The molecule has 0 saturated carbocycles. The van der Waals surface area contributed by atoms with Crippen LogP contribution in [0.4, 0.5) is 0 Å². The van der Waals surface area contributed by atoms with Gasteiger partial charge in [-0.15, -0.1) is 0 Å². The Morgan fingerprint density at radius 3 is 2.50 bits per heavy atom. The van der Waals surface area contributed by atoms with Crippen molar-refractivity contribution < 1.29 is 0 Å². The first-order valence-corrected chi connectivity index (χ1v) is 3.09. The van der Waals surface area contributed by atoms with Gasteiger partial charge in [0.2, 0.25) is 0 Å². The van der Waals surface area contributed by atoms with Crippen molar-refractivity contribution >= 4 is 11.8 Å². The first-order valence-electron chi connectivity index (χ1n) is 1.93. The molecule has 0 aliphatic carbocycles. The molecule has 0 heterocycles. The Morgan fingerprint density at radius 2 is 2.33 bits per heavy atom. The van der Waals surface area contributed by atoms with E-state index in [-0.39, 0.29) is 0 Å². The summed E-state index contributed by atoms with van der Waals surface area (Å²) < 4.78 is 0. The Labute approximate surface area is 43.3 Å². The normalized spacial score (nSPS) is 9.00. The molecule has 0 atom stereocenters. The quantitative estimate of drug-likeness (QED) is 0.485. The van der Waals surface area contributed by atoms with Gasteiger partial charge in [-0.25, -0.2) is 0 Å². The summed E-state index contributed by atoms with van der Waals surface area (Å²) in [5.74, 6) is 1.84. The van der Waals surface area contributed by atoms with Crippen LogP contribution in [0, 0.1) is 6.92 Å². The Hall–Kier alpha value is 0.310. The third-order valence-electron chi connectivity index (χ3n) is 0.391. The molecular formula is C4H9NS. The van der Waals surface area contributed by atoms with Crippen LogP contribution in [0.3, 0.4) is 0 Å². The highest BCUT2D eigenvalue weighted by Crippen LogP contribution is 1.93. The van der Waals surface area contributed by atoms with Gasteiger partial charge in [0, 0.05) is 12.3 Å². The molecule has 0 aliphatic rings. The van der Waals surface area contributed by atoms with E-state index in [2.05, 4.69) is 6.92 Å². The minimum Gasteiger partial charge on any atom is -0.257 e. The summed E-state index contributed by atoms with van der Waals surface area (Å²) in [6, 6.07) is 0. The highest BCUT2D eigenvalue weighted by Gasteiger charge is 1.75. The molecule has 0 aliphatic heterocycles. The summed E-state index contributed by atoms with van der Waals surface area (Å²) >= 11 is 1.71. The molecule has 6 heavy (non-hydrogen) atoms. The minimum atomic E-state index is 0.528. The molecule has 0 rings (SSSR count). The lowest BCUT2D eigenvalue weighted by Crippen LogP contribution is -1.87. The summed E-state index contributed by atoms with van der Waals surface area (Å²) in [5.41, 5.74) is 6.66. The van der Waals surface area contributed by atoms with Crippen molar-refractivity contribution in [1.82, 2.24) is 5.73 Å².